The molecule has 0 aromatic heterocycles. The van der Waals surface area contributed by atoms with Gasteiger partial charge in [-0.05, 0) is 49.1 Å². The molecule has 0 saturated heterocycles. The molecule has 2 aromatic rings. The Morgan fingerprint density at radius 2 is 1.90 bits per heavy atom. The monoisotopic (exact) mass is 284 g/mol. The number of aryl methyl sites for hydroxylation is 1. The zero-order valence-electron chi connectivity index (χ0n) is 11.7. The third-order valence-electron chi connectivity index (χ3n) is 3.69. The molecule has 0 radical (unpaired) electrons. The topological polar surface area (TPSA) is 32.3 Å². The molecular weight excluding hydrogens is 267 g/mol. The molecule has 0 aliphatic carbocycles. The first-order valence-corrected chi connectivity index (χ1v) is 7.16. The molecule has 0 unspecified atom stereocenters. The predicted octanol–water partition coefficient (Wildman–Crippen LogP) is 4.20. The summed E-state index contributed by atoms with van der Waals surface area (Å²) in [6.45, 7) is 0.606. The number of hydrogen-bond acceptors (Lipinski definition) is 1. The molecule has 1 N–H and O–H groups in total. The minimum atomic E-state index is -0.312. The van der Waals surface area contributed by atoms with Crippen LogP contribution >= 0.6 is 0 Å². The van der Waals surface area contributed by atoms with Crippen LogP contribution in [0.3, 0.4) is 0 Å². The van der Waals surface area contributed by atoms with Gasteiger partial charge in [-0.3, -0.25) is 4.90 Å². The summed E-state index contributed by atoms with van der Waals surface area (Å²) in [6.07, 6.45) is 2.80. The third kappa shape index (κ3) is 3.05. The number of urea groups is 1. The second kappa shape index (κ2) is 5.95. The molecule has 2 amide bonds. The molecule has 1 aliphatic rings. The lowest BCUT2D eigenvalue weighted by molar-refractivity contribution is 0.257. The molecule has 1 heterocycles. The summed E-state index contributed by atoms with van der Waals surface area (Å²) in [6, 6.07) is 13.8. The van der Waals surface area contributed by atoms with Crippen LogP contribution in [0.1, 0.15) is 18.4 Å². The van der Waals surface area contributed by atoms with E-state index >= 15 is 0 Å². The molecule has 0 fully saturated rings. The van der Waals surface area contributed by atoms with E-state index in [-0.39, 0.29) is 11.8 Å². The molecule has 3 nitrogen and oxygen atoms in total. The lowest BCUT2D eigenvalue weighted by Gasteiger charge is -2.23. The van der Waals surface area contributed by atoms with E-state index in [0.29, 0.717) is 12.2 Å². The maximum atomic E-state index is 13.5. The Bertz CT molecular complexity index is 642. The van der Waals surface area contributed by atoms with E-state index in [4.69, 9.17) is 0 Å². The number of carbonyl (C=O) groups excluding carboxylic acids is 1. The van der Waals surface area contributed by atoms with Crippen molar-refractivity contribution in [3.63, 3.8) is 0 Å². The van der Waals surface area contributed by atoms with Crippen LogP contribution in [-0.4, -0.2) is 12.6 Å². The number of hydrogen-bond donors (Lipinski definition) is 1. The average molecular weight is 284 g/mol. The Morgan fingerprint density at radius 3 is 2.71 bits per heavy atom. The first-order valence-electron chi connectivity index (χ1n) is 7.16. The van der Waals surface area contributed by atoms with Crippen LogP contribution < -0.4 is 10.2 Å². The van der Waals surface area contributed by atoms with E-state index in [1.807, 2.05) is 30.3 Å². The minimum absolute atomic E-state index is 0.213. The largest absolute Gasteiger partial charge is 0.326 e. The van der Waals surface area contributed by atoms with Gasteiger partial charge >= 0.3 is 6.03 Å². The predicted molar refractivity (Wildman–Crippen MR) is 82.1 cm³/mol. The van der Waals surface area contributed by atoms with Gasteiger partial charge in [-0.1, -0.05) is 24.3 Å². The highest BCUT2D eigenvalue weighted by Crippen LogP contribution is 2.27. The van der Waals surface area contributed by atoms with Gasteiger partial charge in [-0.25, -0.2) is 9.18 Å². The molecule has 108 valence electrons. The second-order valence-electron chi connectivity index (χ2n) is 5.18. The lowest BCUT2D eigenvalue weighted by atomic mass is 10.1. The zero-order valence-corrected chi connectivity index (χ0v) is 11.7. The molecule has 0 spiro atoms. The molecule has 1 aliphatic heterocycles. The Kier molecular flexibility index (Phi) is 3.86. The standard InChI is InChI=1S/C17H17FN2O/c18-14-10-9-13-6-4-5-11-20(16(13)12-14)17(21)19-15-7-2-1-3-8-15/h1-3,7-10,12H,4-6,11H2,(H,19,21). The van der Waals surface area contributed by atoms with Gasteiger partial charge in [0.25, 0.3) is 0 Å². The summed E-state index contributed by atoms with van der Waals surface area (Å²) < 4.78 is 13.5. The van der Waals surface area contributed by atoms with E-state index in [0.717, 1.165) is 30.5 Å². The summed E-state index contributed by atoms with van der Waals surface area (Å²) >= 11 is 0. The fourth-order valence-corrected chi connectivity index (χ4v) is 2.63. The van der Waals surface area contributed by atoms with Crippen molar-refractivity contribution in [2.75, 3.05) is 16.8 Å². The number of benzene rings is 2. The molecular formula is C17H17FN2O. The fourth-order valence-electron chi connectivity index (χ4n) is 2.63. The first-order chi connectivity index (χ1) is 10.2. The van der Waals surface area contributed by atoms with Crippen LogP contribution in [-0.2, 0) is 6.42 Å². The molecule has 4 heteroatoms. The maximum Gasteiger partial charge on any atom is 0.326 e. The summed E-state index contributed by atoms with van der Waals surface area (Å²) in [4.78, 5) is 14.1. The van der Waals surface area contributed by atoms with E-state index in [1.54, 1.807) is 11.0 Å². The van der Waals surface area contributed by atoms with E-state index in [9.17, 15) is 9.18 Å². The number of nitrogens with one attached hydrogen (secondary N) is 1. The normalized spacial score (nSPS) is 14.2. The molecule has 2 aromatic carbocycles. The van der Waals surface area contributed by atoms with Crippen molar-refractivity contribution in [1.82, 2.24) is 0 Å². The number of amides is 2. The Labute approximate surface area is 123 Å². The highest BCUT2D eigenvalue weighted by molar-refractivity contribution is 6.02. The van der Waals surface area contributed by atoms with Crippen molar-refractivity contribution in [3.8, 4) is 0 Å². The van der Waals surface area contributed by atoms with E-state index in [2.05, 4.69) is 5.32 Å². The molecule has 0 atom stereocenters. The van der Waals surface area contributed by atoms with Gasteiger partial charge in [-0.15, -0.1) is 0 Å². The summed E-state index contributed by atoms with van der Waals surface area (Å²) in [5.74, 6) is -0.312. The van der Waals surface area contributed by atoms with Crippen LogP contribution in [0.4, 0.5) is 20.6 Å². The van der Waals surface area contributed by atoms with Gasteiger partial charge in [0.1, 0.15) is 5.82 Å². The number of halogens is 1. The van der Waals surface area contributed by atoms with Crippen LogP contribution in [0.25, 0.3) is 0 Å². The number of anilines is 2. The van der Waals surface area contributed by atoms with E-state index < -0.39 is 0 Å². The Hall–Kier alpha value is -2.36. The van der Waals surface area contributed by atoms with Crippen molar-refractivity contribution in [1.29, 1.82) is 0 Å². The van der Waals surface area contributed by atoms with Crippen molar-refractivity contribution in [2.45, 2.75) is 19.3 Å². The van der Waals surface area contributed by atoms with Gasteiger partial charge in [0, 0.05) is 12.2 Å². The smallest absolute Gasteiger partial charge is 0.308 e. The molecule has 0 saturated carbocycles. The lowest BCUT2D eigenvalue weighted by Crippen LogP contribution is -2.35. The van der Waals surface area contributed by atoms with Gasteiger partial charge in [0.2, 0.25) is 0 Å². The number of carbonyl (C=O) groups is 1. The van der Waals surface area contributed by atoms with Crippen LogP contribution in [0.5, 0.6) is 0 Å². The van der Waals surface area contributed by atoms with Crippen LogP contribution in [0.15, 0.2) is 48.5 Å². The molecule has 21 heavy (non-hydrogen) atoms. The Morgan fingerprint density at radius 1 is 1.10 bits per heavy atom. The quantitative estimate of drug-likeness (QED) is 0.836. The van der Waals surface area contributed by atoms with Crippen LogP contribution in [0, 0.1) is 5.82 Å². The van der Waals surface area contributed by atoms with Crippen molar-refractivity contribution in [2.24, 2.45) is 0 Å². The Balaban J connectivity index is 1.88. The van der Waals surface area contributed by atoms with Gasteiger partial charge < -0.3 is 5.32 Å². The van der Waals surface area contributed by atoms with Gasteiger partial charge in [-0.2, -0.15) is 0 Å². The number of rotatable bonds is 1. The summed E-state index contributed by atoms with van der Waals surface area (Å²) in [5.41, 5.74) is 2.45. The third-order valence-corrected chi connectivity index (χ3v) is 3.69. The maximum absolute atomic E-state index is 13.5. The van der Waals surface area contributed by atoms with Crippen molar-refractivity contribution < 1.29 is 9.18 Å². The van der Waals surface area contributed by atoms with Crippen LogP contribution in [0.2, 0.25) is 0 Å². The SMILES string of the molecule is O=C(Nc1ccccc1)N1CCCCc2ccc(F)cc21. The highest BCUT2D eigenvalue weighted by atomic mass is 19.1. The summed E-state index contributed by atoms with van der Waals surface area (Å²) in [5, 5.41) is 2.86. The number of fused-ring (bicyclic) bond motifs is 1. The second-order valence-corrected chi connectivity index (χ2v) is 5.18. The van der Waals surface area contributed by atoms with Gasteiger partial charge in [0.15, 0.2) is 0 Å². The highest BCUT2D eigenvalue weighted by Gasteiger charge is 2.21. The fraction of sp³-hybridized carbons (Fsp3) is 0.235. The molecule has 3 rings (SSSR count). The van der Waals surface area contributed by atoms with Crippen molar-refractivity contribution in [3.05, 3.63) is 59.9 Å². The zero-order chi connectivity index (χ0) is 14.7. The number of para-hydroxylation sites is 1. The number of nitrogens with zero attached hydrogens (tertiary/aromatic N) is 1. The van der Waals surface area contributed by atoms with E-state index in [1.165, 1.54) is 12.1 Å². The van der Waals surface area contributed by atoms with Gasteiger partial charge in [0.05, 0.1) is 5.69 Å². The van der Waals surface area contributed by atoms with Crippen molar-refractivity contribution >= 4 is 17.4 Å². The average Bonchev–Trinajstić information content (AvgIpc) is 2.70. The molecule has 0 bridgehead atoms. The summed E-state index contributed by atoms with van der Waals surface area (Å²) in [7, 11) is 0. The first kappa shape index (κ1) is 13.6. The minimum Gasteiger partial charge on any atom is -0.308 e.